The first-order chi connectivity index (χ1) is 10.4. The molecular weight excluding hydrogens is 286 g/mol. The van der Waals surface area contributed by atoms with Gasteiger partial charge in [-0.2, -0.15) is 11.8 Å². The summed E-state index contributed by atoms with van der Waals surface area (Å²) in [5.74, 6) is 2.22. The monoisotopic (exact) mass is 315 g/mol. The van der Waals surface area contributed by atoms with Crippen molar-refractivity contribution in [3.63, 3.8) is 0 Å². The standard InChI is InChI=1S/C15H29N3O2S/c1-16-15(18-12-14-4-2-11-21-14)17-7-3-8-20-13-5-9-19-10-6-13/h13-14H,2-12H2,1H3,(H2,16,17,18). The molecule has 2 N–H and O–H groups in total. The molecule has 0 aromatic heterocycles. The molecule has 0 radical (unpaired) electrons. The second-order valence-electron chi connectivity index (χ2n) is 5.55. The van der Waals surface area contributed by atoms with Crippen molar-refractivity contribution in [2.45, 2.75) is 43.5 Å². The minimum Gasteiger partial charge on any atom is -0.381 e. The topological polar surface area (TPSA) is 54.9 Å². The SMILES string of the molecule is CN=C(NCCCOC1CCOCC1)NCC1CCCS1. The third-order valence-corrected chi connectivity index (χ3v) is 5.28. The maximum Gasteiger partial charge on any atom is 0.191 e. The number of aliphatic imine (C=N–C) groups is 1. The van der Waals surface area contributed by atoms with Crippen LogP contribution in [0.25, 0.3) is 0 Å². The fourth-order valence-electron chi connectivity index (χ4n) is 2.61. The van der Waals surface area contributed by atoms with Crippen LogP contribution in [-0.4, -0.2) is 63.0 Å². The van der Waals surface area contributed by atoms with Gasteiger partial charge in [-0.25, -0.2) is 0 Å². The van der Waals surface area contributed by atoms with Gasteiger partial charge in [0.15, 0.2) is 5.96 Å². The minimum absolute atomic E-state index is 0.399. The molecule has 2 heterocycles. The molecule has 2 saturated heterocycles. The van der Waals surface area contributed by atoms with Gasteiger partial charge in [-0.15, -0.1) is 0 Å². The molecule has 2 fully saturated rings. The molecule has 1 atom stereocenters. The third-order valence-electron chi connectivity index (χ3n) is 3.88. The van der Waals surface area contributed by atoms with Gasteiger partial charge in [-0.3, -0.25) is 4.99 Å². The van der Waals surface area contributed by atoms with E-state index in [2.05, 4.69) is 27.4 Å². The van der Waals surface area contributed by atoms with E-state index in [1.807, 2.05) is 7.05 Å². The van der Waals surface area contributed by atoms with Gasteiger partial charge in [0.25, 0.3) is 0 Å². The molecule has 5 nitrogen and oxygen atoms in total. The zero-order valence-corrected chi connectivity index (χ0v) is 13.9. The van der Waals surface area contributed by atoms with Crippen LogP contribution < -0.4 is 10.6 Å². The van der Waals surface area contributed by atoms with E-state index in [9.17, 15) is 0 Å². The van der Waals surface area contributed by atoms with Crippen molar-refractivity contribution in [3.8, 4) is 0 Å². The Hall–Kier alpha value is -0.460. The predicted molar refractivity (Wildman–Crippen MR) is 89.3 cm³/mol. The van der Waals surface area contributed by atoms with E-state index in [1.54, 1.807) is 0 Å². The number of ether oxygens (including phenoxy) is 2. The lowest BCUT2D eigenvalue weighted by atomic mass is 10.1. The molecule has 0 aromatic carbocycles. The van der Waals surface area contributed by atoms with Crippen LogP contribution in [0.1, 0.15) is 32.1 Å². The summed E-state index contributed by atoms with van der Waals surface area (Å²) in [7, 11) is 1.83. The smallest absolute Gasteiger partial charge is 0.191 e. The van der Waals surface area contributed by atoms with Crippen molar-refractivity contribution in [3.05, 3.63) is 0 Å². The molecule has 122 valence electrons. The Morgan fingerprint density at radius 1 is 1.29 bits per heavy atom. The van der Waals surface area contributed by atoms with Gasteiger partial charge < -0.3 is 20.1 Å². The van der Waals surface area contributed by atoms with Crippen molar-refractivity contribution >= 4 is 17.7 Å². The summed E-state index contributed by atoms with van der Waals surface area (Å²) < 4.78 is 11.2. The van der Waals surface area contributed by atoms with Gasteiger partial charge in [0.05, 0.1) is 6.10 Å². The second kappa shape index (κ2) is 10.3. The van der Waals surface area contributed by atoms with Crippen molar-refractivity contribution in [1.29, 1.82) is 0 Å². The first-order valence-corrected chi connectivity index (χ1v) is 9.19. The van der Waals surface area contributed by atoms with Crippen LogP contribution >= 0.6 is 11.8 Å². The lowest BCUT2D eigenvalue weighted by Gasteiger charge is -2.22. The normalized spacial score (nSPS) is 24.2. The Morgan fingerprint density at radius 3 is 2.86 bits per heavy atom. The number of hydrogen-bond acceptors (Lipinski definition) is 4. The summed E-state index contributed by atoms with van der Waals surface area (Å²) in [5, 5.41) is 7.52. The molecule has 1 unspecified atom stereocenters. The Morgan fingerprint density at radius 2 is 2.14 bits per heavy atom. The molecule has 0 spiro atoms. The Kier molecular flexibility index (Phi) is 8.29. The first kappa shape index (κ1) is 16.9. The van der Waals surface area contributed by atoms with Gasteiger partial charge in [-0.05, 0) is 37.9 Å². The van der Waals surface area contributed by atoms with Crippen molar-refractivity contribution in [1.82, 2.24) is 10.6 Å². The highest BCUT2D eigenvalue weighted by molar-refractivity contribution is 8.00. The van der Waals surface area contributed by atoms with E-state index < -0.39 is 0 Å². The fourth-order valence-corrected chi connectivity index (χ4v) is 3.81. The molecule has 6 heteroatoms. The second-order valence-corrected chi connectivity index (χ2v) is 6.96. The highest BCUT2D eigenvalue weighted by Crippen LogP contribution is 2.25. The molecule has 0 aliphatic carbocycles. The molecule has 2 aliphatic rings. The van der Waals surface area contributed by atoms with E-state index in [0.29, 0.717) is 6.10 Å². The lowest BCUT2D eigenvalue weighted by molar-refractivity contribution is -0.0320. The summed E-state index contributed by atoms with van der Waals surface area (Å²) in [5.41, 5.74) is 0. The average Bonchev–Trinajstić information content (AvgIpc) is 3.04. The van der Waals surface area contributed by atoms with Crippen LogP contribution in [0.2, 0.25) is 0 Å². The van der Waals surface area contributed by atoms with E-state index in [0.717, 1.165) is 63.4 Å². The minimum atomic E-state index is 0.399. The van der Waals surface area contributed by atoms with Crippen molar-refractivity contribution in [2.24, 2.45) is 4.99 Å². The van der Waals surface area contributed by atoms with Gasteiger partial charge in [0.2, 0.25) is 0 Å². The maximum absolute atomic E-state index is 5.86. The molecule has 0 saturated carbocycles. The van der Waals surface area contributed by atoms with Crippen LogP contribution in [0.4, 0.5) is 0 Å². The summed E-state index contributed by atoms with van der Waals surface area (Å²) in [6.07, 6.45) is 6.16. The van der Waals surface area contributed by atoms with Crippen molar-refractivity contribution in [2.75, 3.05) is 45.7 Å². The average molecular weight is 315 g/mol. The highest BCUT2D eigenvalue weighted by atomic mass is 32.2. The maximum atomic E-state index is 5.86. The van der Waals surface area contributed by atoms with E-state index in [-0.39, 0.29) is 0 Å². The Labute approximate surface area is 132 Å². The molecular formula is C15H29N3O2S. The number of hydrogen-bond donors (Lipinski definition) is 2. The van der Waals surface area contributed by atoms with Crippen LogP contribution in [0.15, 0.2) is 4.99 Å². The van der Waals surface area contributed by atoms with Crippen molar-refractivity contribution < 1.29 is 9.47 Å². The summed E-state index contributed by atoms with van der Waals surface area (Å²) in [4.78, 5) is 4.26. The molecule has 2 rings (SSSR count). The first-order valence-electron chi connectivity index (χ1n) is 8.14. The third kappa shape index (κ3) is 6.89. The van der Waals surface area contributed by atoms with Crippen LogP contribution in [0.3, 0.4) is 0 Å². The number of nitrogens with zero attached hydrogens (tertiary/aromatic N) is 1. The largest absolute Gasteiger partial charge is 0.381 e. The number of thioether (sulfide) groups is 1. The highest BCUT2D eigenvalue weighted by Gasteiger charge is 2.15. The van der Waals surface area contributed by atoms with Gasteiger partial charge in [0, 0.05) is 45.2 Å². The van der Waals surface area contributed by atoms with E-state index >= 15 is 0 Å². The predicted octanol–water partition coefficient (Wildman–Crippen LogP) is 1.63. The Bertz CT molecular complexity index is 303. The van der Waals surface area contributed by atoms with Gasteiger partial charge in [-0.1, -0.05) is 0 Å². The van der Waals surface area contributed by atoms with Crippen LogP contribution in [0.5, 0.6) is 0 Å². The van der Waals surface area contributed by atoms with Crippen LogP contribution in [-0.2, 0) is 9.47 Å². The zero-order chi connectivity index (χ0) is 14.8. The summed E-state index contributed by atoms with van der Waals surface area (Å²) in [6, 6.07) is 0. The molecule has 0 amide bonds. The molecule has 0 aromatic rings. The van der Waals surface area contributed by atoms with Crippen LogP contribution in [0, 0.1) is 0 Å². The fraction of sp³-hybridized carbons (Fsp3) is 0.933. The molecule has 2 aliphatic heterocycles. The number of nitrogens with one attached hydrogen (secondary N) is 2. The molecule has 0 bridgehead atoms. The molecule has 21 heavy (non-hydrogen) atoms. The van der Waals surface area contributed by atoms with E-state index in [4.69, 9.17) is 9.47 Å². The van der Waals surface area contributed by atoms with E-state index in [1.165, 1.54) is 18.6 Å². The zero-order valence-electron chi connectivity index (χ0n) is 13.1. The summed E-state index contributed by atoms with van der Waals surface area (Å²) in [6.45, 7) is 4.42. The lowest BCUT2D eigenvalue weighted by Crippen LogP contribution is -2.40. The Balaban J connectivity index is 1.47. The number of rotatable bonds is 7. The quantitative estimate of drug-likeness (QED) is 0.425. The van der Waals surface area contributed by atoms with Gasteiger partial charge >= 0.3 is 0 Å². The summed E-state index contributed by atoms with van der Waals surface area (Å²) >= 11 is 2.07. The van der Waals surface area contributed by atoms with Gasteiger partial charge in [0.1, 0.15) is 0 Å². The number of guanidine groups is 1.